The molecular formula is C34H45N5O5. The number of amides is 3. The summed E-state index contributed by atoms with van der Waals surface area (Å²) in [5.41, 5.74) is 4.58. The summed E-state index contributed by atoms with van der Waals surface area (Å²) in [5, 5.41) is 8.18. The Morgan fingerprint density at radius 1 is 0.932 bits per heavy atom. The number of carbonyl (C=O) groups excluding carboxylic acids is 4. The van der Waals surface area contributed by atoms with Gasteiger partial charge in [-0.3, -0.25) is 29.2 Å². The Kier molecular flexibility index (Phi) is 9.39. The summed E-state index contributed by atoms with van der Waals surface area (Å²) in [6, 6.07) is 8.01. The monoisotopic (exact) mass is 603 g/mol. The number of fused-ring (bicyclic) bond motifs is 4. The van der Waals surface area contributed by atoms with Crippen molar-refractivity contribution < 1.29 is 23.9 Å². The minimum Gasteiger partial charge on any atom is -0.451 e. The maximum absolute atomic E-state index is 14.0. The minimum atomic E-state index is -1.06. The Morgan fingerprint density at radius 3 is 2.36 bits per heavy atom. The summed E-state index contributed by atoms with van der Waals surface area (Å²) in [5.74, 6) is -1.34. The van der Waals surface area contributed by atoms with Crippen molar-refractivity contribution >= 4 is 40.7 Å². The molecule has 44 heavy (non-hydrogen) atoms. The van der Waals surface area contributed by atoms with Crippen molar-refractivity contribution in [3.63, 3.8) is 0 Å². The van der Waals surface area contributed by atoms with Gasteiger partial charge in [0.1, 0.15) is 12.1 Å². The van der Waals surface area contributed by atoms with Gasteiger partial charge in [0.25, 0.3) is 11.8 Å². The van der Waals surface area contributed by atoms with E-state index in [-0.39, 0.29) is 23.8 Å². The fourth-order valence-corrected chi connectivity index (χ4v) is 6.30. The highest BCUT2D eigenvalue weighted by molar-refractivity contribution is 5.92. The summed E-state index contributed by atoms with van der Waals surface area (Å²) >= 11 is 0. The number of benzene rings is 1. The Morgan fingerprint density at radius 2 is 1.64 bits per heavy atom. The molecule has 10 nitrogen and oxygen atoms in total. The van der Waals surface area contributed by atoms with Gasteiger partial charge in [0, 0.05) is 11.9 Å². The van der Waals surface area contributed by atoms with Crippen LogP contribution in [0.25, 0.3) is 17.0 Å². The topological polar surface area (TPSA) is 130 Å². The SMILES string of the molecule is CC1CCC2(/C=C/c3ccc4ccc(nc4c3)[C@@H](C)NC(=O)[C@@H]3CCCN(N3)C(=O)[C@H](C)NC(=O)[C@H](C(C)C)OC2=O)CC1. The lowest BCUT2D eigenvalue weighted by Crippen LogP contribution is -2.61. The number of pyridine rings is 1. The van der Waals surface area contributed by atoms with Crippen LogP contribution in [0, 0.1) is 17.3 Å². The van der Waals surface area contributed by atoms with Crippen molar-refractivity contribution in [2.45, 2.75) is 97.4 Å². The lowest BCUT2D eigenvalue weighted by atomic mass is 9.70. The highest BCUT2D eigenvalue weighted by Gasteiger charge is 2.43. The summed E-state index contributed by atoms with van der Waals surface area (Å²) in [6.45, 7) is 9.73. The van der Waals surface area contributed by atoms with Crippen LogP contribution in [0.3, 0.4) is 0 Å². The van der Waals surface area contributed by atoms with Crippen molar-refractivity contribution in [2.75, 3.05) is 6.54 Å². The van der Waals surface area contributed by atoms with Crippen LogP contribution in [0.1, 0.15) is 90.4 Å². The zero-order chi connectivity index (χ0) is 31.6. The van der Waals surface area contributed by atoms with Crippen LogP contribution in [0.4, 0.5) is 0 Å². The predicted octanol–water partition coefficient (Wildman–Crippen LogP) is 4.20. The van der Waals surface area contributed by atoms with Gasteiger partial charge in [0.05, 0.1) is 22.7 Å². The molecule has 1 aliphatic carbocycles. The van der Waals surface area contributed by atoms with Gasteiger partial charge in [0.15, 0.2) is 6.10 Å². The first kappa shape index (κ1) is 31.6. The molecule has 5 rings (SSSR count). The number of hydrogen-bond acceptors (Lipinski definition) is 7. The van der Waals surface area contributed by atoms with Crippen LogP contribution in [-0.4, -0.2) is 58.4 Å². The van der Waals surface area contributed by atoms with E-state index in [1.54, 1.807) is 6.92 Å². The number of nitrogens with one attached hydrogen (secondary N) is 3. The predicted molar refractivity (Wildman–Crippen MR) is 168 cm³/mol. The van der Waals surface area contributed by atoms with Crippen LogP contribution in [-0.2, 0) is 23.9 Å². The maximum atomic E-state index is 14.0. The van der Waals surface area contributed by atoms with Crippen LogP contribution in [0.2, 0.25) is 0 Å². The summed E-state index contributed by atoms with van der Waals surface area (Å²) in [4.78, 5) is 58.9. The number of rotatable bonds is 1. The Balaban J connectivity index is 1.53. The zero-order valence-electron chi connectivity index (χ0n) is 26.4. The summed E-state index contributed by atoms with van der Waals surface area (Å²) in [7, 11) is 0. The third kappa shape index (κ3) is 6.80. The van der Waals surface area contributed by atoms with Crippen molar-refractivity contribution in [1.82, 2.24) is 26.1 Å². The van der Waals surface area contributed by atoms with Gasteiger partial charge in [-0.05, 0) is 81.9 Å². The molecule has 3 N–H and O–H groups in total. The smallest absolute Gasteiger partial charge is 0.316 e. The Labute approximate surface area is 259 Å². The fourth-order valence-electron chi connectivity index (χ4n) is 6.30. The molecule has 2 aromatic rings. The van der Waals surface area contributed by atoms with E-state index in [2.05, 4.69) is 23.0 Å². The van der Waals surface area contributed by atoms with Crippen LogP contribution >= 0.6 is 0 Å². The van der Waals surface area contributed by atoms with Gasteiger partial charge in [-0.2, -0.15) is 0 Å². The molecule has 1 saturated carbocycles. The average molecular weight is 604 g/mol. The Bertz CT molecular complexity index is 1450. The summed E-state index contributed by atoms with van der Waals surface area (Å²) < 4.78 is 6.01. The quantitative estimate of drug-likeness (QED) is 0.417. The number of nitrogens with zero attached hydrogens (tertiary/aromatic N) is 2. The highest BCUT2D eigenvalue weighted by atomic mass is 16.5. The molecule has 1 saturated heterocycles. The molecular weight excluding hydrogens is 558 g/mol. The fraction of sp³-hybridized carbons (Fsp3) is 0.559. The first-order chi connectivity index (χ1) is 21.0. The molecule has 1 aromatic heterocycles. The second-order valence-electron chi connectivity index (χ2n) is 13.2. The average Bonchev–Trinajstić information content (AvgIpc) is 3.01. The van der Waals surface area contributed by atoms with Crippen molar-refractivity contribution in [1.29, 1.82) is 0 Å². The van der Waals surface area contributed by atoms with E-state index in [1.807, 2.05) is 63.3 Å². The van der Waals surface area contributed by atoms with Crippen LogP contribution < -0.4 is 16.1 Å². The molecule has 3 heterocycles. The van der Waals surface area contributed by atoms with E-state index in [1.165, 1.54) is 5.01 Å². The van der Waals surface area contributed by atoms with Gasteiger partial charge in [-0.1, -0.05) is 51.1 Å². The molecule has 1 aromatic carbocycles. The minimum absolute atomic E-state index is 0.227. The molecule has 236 valence electrons. The Hall–Kier alpha value is -3.79. The molecule has 1 spiro atoms. The first-order valence-electron chi connectivity index (χ1n) is 15.9. The zero-order valence-corrected chi connectivity index (χ0v) is 26.4. The second-order valence-corrected chi connectivity index (χ2v) is 13.2. The number of esters is 1. The molecule has 10 heteroatoms. The van der Waals surface area contributed by atoms with E-state index in [0.29, 0.717) is 38.1 Å². The van der Waals surface area contributed by atoms with E-state index < -0.39 is 35.5 Å². The van der Waals surface area contributed by atoms with Gasteiger partial charge in [0.2, 0.25) is 5.91 Å². The van der Waals surface area contributed by atoms with E-state index in [0.717, 1.165) is 35.0 Å². The molecule has 5 bridgehead atoms. The molecule has 2 fully saturated rings. The first-order valence-corrected chi connectivity index (χ1v) is 15.9. The molecule has 4 atom stereocenters. The highest BCUT2D eigenvalue weighted by Crippen LogP contribution is 2.42. The van der Waals surface area contributed by atoms with Crippen molar-refractivity contribution in [2.24, 2.45) is 17.3 Å². The van der Waals surface area contributed by atoms with E-state index >= 15 is 0 Å². The second kappa shape index (κ2) is 13.1. The standard InChI is InChI=1S/C34H45N5O5/c1-20(2)29-31(41)36-23(5)32(42)39-18-6-7-27(38-39)30(40)35-22(4)26-11-10-25-9-8-24(19-28(25)37-26)14-17-34(33(43)44-29)15-12-21(3)13-16-34/h8-11,14,17,19-23,27,29,38H,6-7,12-13,15-16,18H2,1-5H3,(H,35,40)(H,36,41)/b17-14+/t21?,22-,23+,27+,29+,34?/m1/s1. The molecule has 0 radical (unpaired) electrons. The number of hydrogen-bond donors (Lipinski definition) is 3. The number of aromatic nitrogens is 1. The molecule has 3 aliphatic rings. The van der Waals surface area contributed by atoms with Gasteiger partial charge in [-0.25, -0.2) is 5.43 Å². The van der Waals surface area contributed by atoms with Crippen LogP contribution in [0.5, 0.6) is 0 Å². The van der Waals surface area contributed by atoms with Gasteiger partial charge >= 0.3 is 5.97 Å². The van der Waals surface area contributed by atoms with E-state index in [4.69, 9.17) is 9.72 Å². The number of hydrazine groups is 1. The van der Waals surface area contributed by atoms with Crippen molar-refractivity contribution in [3.8, 4) is 0 Å². The van der Waals surface area contributed by atoms with Gasteiger partial charge in [-0.15, -0.1) is 0 Å². The molecule has 3 amide bonds. The largest absolute Gasteiger partial charge is 0.451 e. The maximum Gasteiger partial charge on any atom is 0.316 e. The summed E-state index contributed by atoms with van der Waals surface area (Å²) in [6.07, 6.45) is 7.02. The molecule has 2 aliphatic heterocycles. The number of ether oxygens (including phenoxy) is 1. The van der Waals surface area contributed by atoms with Gasteiger partial charge < -0.3 is 15.4 Å². The lowest BCUT2D eigenvalue weighted by Gasteiger charge is -2.37. The van der Waals surface area contributed by atoms with Crippen LogP contribution in [0.15, 0.2) is 36.4 Å². The van der Waals surface area contributed by atoms with Crippen molar-refractivity contribution in [3.05, 3.63) is 47.7 Å². The number of cyclic esters (lactones) is 1. The third-order valence-electron chi connectivity index (χ3n) is 9.30. The van der Waals surface area contributed by atoms with E-state index in [9.17, 15) is 19.2 Å². The molecule has 0 unspecified atom stereocenters. The normalized spacial score (nSPS) is 31.5. The third-order valence-corrected chi connectivity index (χ3v) is 9.30. The number of carbonyl (C=O) groups is 4. The lowest BCUT2D eigenvalue weighted by molar-refractivity contribution is -0.168.